The van der Waals surface area contributed by atoms with Crippen molar-refractivity contribution in [2.75, 3.05) is 18.4 Å². The first-order valence-electron chi connectivity index (χ1n) is 8.13. The van der Waals surface area contributed by atoms with E-state index in [-0.39, 0.29) is 5.91 Å². The Kier molecular flexibility index (Phi) is 3.14. The molecule has 6 heteroatoms. The van der Waals surface area contributed by atoms with Crippen molar-refractivity contribution in [1.29, 1.82) is 5.26 Å². The third kappa shape index (κ3) is 2.08. The first-order chi connectivity index (χ1) is 11.5. The average molecular weight is 321 g/mol. The second-order valence-corrected chi connectivity index (χ2v) is 6.86. The molecule has 1 saturated heterocycles. The molecule has 0 bridgehead atoms. The molecule has 1 aromatic carbocycles. The molecule has 3 heterocycles. The predicted molar refractivity (Wildman–Crippen MR) is 90.1 cm³/mol. The van der Waals surface area contributed by atoms with Crippen LogP contribution in [0.25, 0.3) is 11.1 Å². The Labute approximate surface area is 140 Å². The van der Waals surface area contributed by atoms with E-state index < -0.39 is 5.41 Å². The number of anilines is 1. The Bertz CT molecular complexity index is 859. The lowest BCUT2D eigenvalue weighted by atomic mass is 9.76. The van der Waals surface area contributed by atoms with Crippen molar-refractivity contribution >= 4 is 11.6 Å². The van der Waals surface area contributed by atoms with Crippen molar-refractivity contribution in [2.24, 2.45) is 5.41 Å². The number of aromatic amines is 1. The molecule has 1 atom stereocenters. The van der Waals surface area contributed by atoms with E-state index in [1.54, 1.807) is 4.90 Å². The number of aryl methyl sites for hydroxylation is 2. The molecule has 1 fully saturated rings. The van der Waals surface area contributed by atoms with Gasteiger partial charge in [0.15, 0.2) is 6.19 Å². The normalized spacial score (nSPS) is 22.4. The molecular formula is C18H19N5O. The summed E-state index contributed by atoms with van der Waals surface area (Å²) in [4.78, 5) is 14.3. The Morgan fingerprint density at radius 2 is 2.21 bits per heavy atom. The molecule has 122 valence electrons. The van der Waals surface area contributed by atoms with Gasteiger partial charge in [-0.3, -0.25) is 9.89 Å². The number of aromatic nitrogens is 2. The summed E-state index contributed by atoms with van der Waals surface area (Å²) in [5.41, 5.74) is 5.77. The molecular weight excluding hydrogens is 302 g/mol. The van der Waals surface area contributed by atoms with E-state index in [2.05, 4.69) is 27.8 Å². The third-order valence-electron chi connectivity index (χ3n) is 5.28. The first-order valence-corrected chi connectivity index (χ1v) is 8.13. The van der Waals surface area contributed by atoms with Gasteiger partial charge in [0.2, 0.25) is 5.91 Å². The number of carbonyl (C=O) groups is 1. The number of hydrogen-bond donors (Lipinski definition) is 2. The van der Waals surface area contributed by atoms with E-state index in [9.17, 15) is 4.79 Å². The minimum Gasteiger partial charge on any atom is -0.325 e. The Balaban J connectivity index is 1.74. The standard InChI is InChI=1S/C18H19N5O/c1-11-16(12(2)22-21-11)13-3-4-15-14(7-13)8-18(17(24)20-15)5-6-23(9-18)10-19/h3-4,7H,5-6,8-9H2,1-2H3,(H,20,24)(H,21,22). The number of benzene rings is 1. The molecule has 2 aromatic rings. The van der Waals surface area contributed by atoms with Gasteiger partial charge in [0.1, 0.15) is 0 Å². The summed E-state index contributed by atoms with van der Waals surface area (Å²) in [6.07, 6.45) is 3.57. The van der Waals surface area contributed by atoms with Crippen molar-refractivity contribution in [1.82, 2.24) is 15.1 Å². The maximum Gasteiger partial charge on any atom is 0.232 e. The van der Waals surface area contributed by atoms with E-state index in [1.165, 1.54) is 0 Å². The first kappa shape index (κ1) is 14.8. The summed E-state index contributed by atoms with van der Waals surface area (Å²) in [7, 11) is 0. The SMILES string of the molecule is Cc1n[nH]c(C)c1-c1ccc2c(c1)CC1(CCN(C#N)C1)C(=O)N2. The van der Waals surface area contributed by atoms with Gasteiger partial charge in [-0.15, -0.1) is 0 Å². The number of nitrogens with zero attached hydrogens (tertiary/aromatic N) is 3. The maximum absolute atomic E-state index is 12.6. The van der Waals surface area contributed by atoms with Crippen LogP contribution in [0.4, 0.5) is 5.69 Å². The average Bonchev–Trinajstić information content (AvgIpc) is 3.13. The lowest BCUT2D eigenvalue weighted by Gasteiger charge is -2.33. The van der Waals surface area contributed by atoms with E-state index in [0.29, 0.717) is 19.5 Å². The van der Waals surface area contributed by atoms with Crippen molar-refractivity contribution in [3.05, 3.63) is 35.2 Å². The number of H-pyrrole nitrogens is 1. The summed E-state index contributed by atoms with van der Waals surface area (Å²) in [5, 5.41) is 19.5. The van der Waals surface area contributed by atoms with E-state index in [4.69, 9.17) is 5.26 Å². The van der Waals surface area contributed by atoms with Crippen LogP contribution < -0.4 is 5.32 Å². The van der Waals surface area contributed by atoms with Gasteiger partial charge in [0.25, 0.3) is 0 Å². The predicted octanol–water partition coefficient (Wildman–Crippen LogP) is 2.36. The lowest BCUT2D eigenvalue weighted by molar-refractivity contribution is -0.125. The zero-order valence-corrected chi connectivity index (χ0v) is 13.8. The summed E-state index contributed by atoms with van der Waals surface area (Å²) >= 11 is 0. The number of amides is 1. The van der Waals surface area contributed by atoms with Gasteiger partial charge in [-0.1, -0.05) is 6.07 Å². The minimum atomic E-state index is -0.484. The Morgan fingerprint density at radius 1 is 1.38 bits per heavy atom. The van der Waals surface area contributed by atoms with Gasteiger partial charge in [-0.2, -0.15) is 10.4 Å². The molecule has 1 unspecified atom stereocenters. The molecule has 2 aliphatic rings. The van der Waals surface area contributed by atoms with E-state index in [1.807, 2.05) is 26.0 Å². The molecule has 0 aliphatic carbocycles. The number of hydrogen-bond acceptors (Lipinski definition) is 4. The van der Waals surface area contributed by atoms with Crippen molar-refractivity contribution in [2.45, 2.75) is 26.7 Å². The molecule has 1 amide bonds. The number of likely N-dealkylation sites (tertiary alicyclic amines) is 1. The highest BCUT2D eigenvalue weighted by Gasteiger charge is 2.47. The summed E-state index contributed by atoms with van der Waals surface area (Å²) < 4.78 is 0. The zero-order chi connectivity index (χ0) is 16.9. The smallest absolute Gasteiger partial charge is 0.232 e. The fraction of sp³-hybridized carbons (Fsp3) is 0.389. The maximum atomic E-state index is 12.6. The van der Waals surface area contributed by atoms with Gasteiger partial charge < -0.3 is 10.2 Å². The molecule has 0 radical (unpaired) electrons. The van der Waals surface area contributed by atoms with Crippen LogP contribution in [0, 0.1) is 30.7 Å². The highest BCUT2D eigenvalue weighted by atomic mass is 16.2. The molecule has 1 aromatic heterocycles. The van der Waals surface area contributed by atoms with Crippen LogP contribution >= 0.6 is 0 Å². The van der Waals surface area contributed by atoms with Gasteiger partial charge >= 0.3 is 0 Å². The van der Waals surface area contributed by atoms with Crippen LogP contribution in [-0.4, -0.2) is 34.1 Å². The monoisotopic (exact) mass is 321 g/mol. The molecule has 4 rings (SSSR count). The number of carbonyl (C=O) groups excluding carboxylic acids is 1. The summed E-state index contributed by atoms with van der Waals surface area (Å²) in [6, 6.07) is 6.15. The molecule has 2 aliphatic heterocycles. The quantitative estimate of drug-likeness (QED) is 0.790. The Hall–Kier alpha value is -2.81. The minimum absolute atomic E-state index is 0.0381. The van der Waals surface area contributed by atoms with Crippen molar-refractivity contribution < 1.29 is 4.79 Å². The molecule has 1 spiro atoms. The zero-order valence-electron chi connectivity index (χ0n) is 13.8. The summed E-state index contributed by atoms with van der Waals surface area (Å²) in [5.74, 6) is 0.0381. The van der Waals surface area contributed by atoms with Crippen molar-refractivity contribution in [3.8, 4) is 17.3 Å². The molecule has 6 nitrogen and oxygen atoms in total. The molecule has 24 heavy (non-hydrogen) atoms. The second-order valence-electron chi connectivity index (χ2n) is 6.86. The van der Waals surface area contributed by atoms with E-state index in [0.717, 1.165) is 40.2 Å². The van der Waals surface area contributed by atoms with Crippen molar-refractivity contribution in [3.63, 3.8) is 0 Å². The van der Waals surface area contributed by atoms with Crippen LogP contribution in [0.2, 0.25) is 0 Å². The van der Waals surface area contributed by atoms with E-state index >= 15 is 0 Å². The molecule has 0 saturated carbocycles. The fourth-order valence-electron chi connectivity index (χ4n) is 3.98. The van der Waals surface area contributed by atoms with Crippen LogP contribution in [0.3, 0.4) is 0 Å². The van der Waals surface area contributed by atoms with Gasteiger partial charge in [-0.05, 0) is 49.9 Å². The Morgan fingerprint density at radius 3 is 2.88 bits per heavy atom. The number of nitriles is 1. The van der Waals surface area contributed by atoms with Crippen LogP contribution in [-0.2, 0) is 11.2 Å². The third-order valence-corrected chi connectivity index (χ3v) is 5.28. The fourth-order valence-corrected chi connectivity index (χ4v) is 3.98. The highest BCUT2D eigenvalue weighted by molar-refractivity contribution is 5.99. The summed E-state index contributed by atoms with van der Waals surface area (Å²) in [6.45, 7) is 5.16. The van der Waals surface area contributed by atoms with Gasteiger partial charge in [0, 0.05) is 30.0 Å². The van der Waals surface area contributed by atoms with Crippen LogP contribution in [0.5, 0.6) is 0 Å². The van der Waals surface area contributed by atoms with Gasteiger partial charge in [0.05, 0.1) is 11.1 Å². The number of nitrogens with one attached hydrogen (secondary N) is 2. The topological polar surface area (TPSA) is 84.8 Å². The lowest BCUT2D eigenvalue weighted by Crippen LogP contribution is -2.43. The second kappa shape index (κ2) is 5.10. The van der Waals surface area contributed by atoms with Gasteiger partial charge in [-0.25, -0.2) is 0 Å². The van der Waals surface area contributed by atoms with Crippen LogP contribution in [0.1, 0.15) is 23.4 Å². The highest BCUT2D eigenvalue weighted by Crippen LogP contribution is 2.42. The molecule has 2 N–H and O–H groups in total. The number of fused-ring (bicyclic) bond motifs is 1. The van der Waals surface area contributed by atoms with Crippen LogP contribution in [0.15, 0.2) is 18.2 Å². The largest absolute Gasteiger partial charge is 0.325 e. The number of rotatable bonds is 1.